The number of carboxylic acid groups (broad SMARTS) is 1. The summed E-state index contributed by atoms with van der Waals surface area (Å²) < 4.78 is 4.86. The molecule has 2 amide bonds. The summed E-state index contributed by atoms with van der Waals surface area (Å²) in [6, 6.07) is 3.44. The Morgan fingerprint density at radius 1 is 1.55 bits per heavy atom. The lowest BCUT2D eigenvalue weighted by atomic mass is 10.2. The molecule has 0 aliphatic rings. The first-order valence-electron chi connectivity index (χ1n) is 5.79. The van der Waals surface area contributed by atoms with Crippen LogP contribution < -0.4 is 10.6 Å². The number of aryl methyl sites for hydroxylation is 1. The Morgan fingerprint density at radius 3 is 2.90 bits per heavy atom. The van der Waals surface area contributed by atoms with E-state index in [9.17, 15) is 9.59 Å². The third-order valence-electron chi connectivity index (χ3n) is 2.46. The number of carbonyl (C=O) groups is 2. The Kier molecular flexibility index (Phi) is 4.36. The molecule has 0 aromatic carbocycles. The molecule has 0 aliphatic carbocycles. The number of hydrogen-bond donors (Lipinski definition) is 3. The summed E-state index contributed by atoms with van der Waals surface area (Å²) in [5, 5.41) is 19.5. The molecule has 106 valence electrons. The van der Waals surface area contributed by atoms with Crippen molar-refractivity contribution in [2.75, 3.05) is 0 Å². The van der Waals surface area contributed by atoms with Crippen LogP contribution in [0.25, 0.3) is 0 Å². The van der Waals surface area contributed by atoms with Gasteiger partial charge < -0.3 is 20.3 Å². The van der Waals surface area contributed by atoms with Gasteiger partial charge in [-0.05, 0) is 18.4 Å². The topological polar surface area (TPSA) is 104 Å². The predicted molar refractivity (Wildman–Crippen MR) is 71.3 cm³/mol. The third-order valence-corrected chi connectivity index (χ3v) is 3.39. The lowest BCUT2D eigenvalue weighted by Gasteiger charge is -2.13. The number of hydrogen-bond acceptors (Lipinski definition) is 5. The number of urea groups is 1. The van der Waals surface area contributed by atoms with Crippen molar-refractivity contribution in [3.05, 3.63) is 39.9 Å². The second kappa shape index (κ2) is 6.20. The molecular formula is C12H13N3O4S. The fourth-order valence-electron chi connectivity index (χ4n) is 1.56. The van der Waals surface area contributed by atoms with Crippen LogP contribution in [0, 0.1) is 6.92 Å². The van der Waals surface area contributed by atoms with E-state index in [0.29, 0.717) is 16.3 Å². The minimum atomic E-state index is -1.11. The van der Waals surface area contributed by atoms with Crippen molar-refractivity contribution in [3.63, 3.8) is 0 Å². The van der Waals surface area contributed by atoms with Gasteiger partial charge in [-0.2, -0.15) is 0 Å². The number of thiophene rings is 1. The SMILES string of the molecule is Cc1cc(CNC(=O)NC(C(=O)O)c2cccs2)no1. The van der Waals surface area contributed by atoms with Crippen LogP contribution in [-0.4, -0.2) is 22.3 Å². The van der Waals surface area contributed by atoms with Crippen molar-refractivity contribution in [3.8, 4) is 0 Å². The fourth-order valence-corrected chi connectivity index (χ4v) is 2.33. The van der Waals surface area contributed by atoms with E-state index in [1.54, 1.807) is 30.5 Å². The molecule has 2 aromatic heterocycles. The van der Waals surface area contributed by atoms with Crippen molar-refractivity contribution in [2.45, 2.75) is 19.5 Å². The van der Waals surface area contributed by atoms with Crippen molar-refractivity contribution >= 4 is 23.3 Å². The Bertz CT molecular complexity index is 594. The molecule has 0 fully saturated rings. The number of nitrogens with one attached hydrogen (secondary N) is 2. The highest BCUT2D eigenvalue weighted by atomic mass is 32.1. The van der Waals surface area contributed by atoms with E-state index in [1.807, 2.05) is 0 Å². The highest BCUT2D eigenvalue weighted by Gasteiger charge is 2.22. The van der Waals surface area contributed by atoms with Gasteiger partial charge in [0.2, 0.25) is 0 Å². The quantitative estimate of drug-likeness (QED) is 0.778. The van der Waals surface area contributed by atoms with Gasteiger partial charge in [-0.25, -0.2) is 9.59 Å². The molecule has 0 spiro atoms. The van der Waals surface area contributed by atoms with Crippen molar-refractivity contribution in [1.29, 1.82) is 0 Å². The maximum Gasteiger partial charge on any atom is 0.331 e. The summed E-state index contributed by atoms with van der Waals surface area (Å²) in [6.07, 6.45) is 0. The molecule has 1 unspecified atom stereocenters. The monoisotopic (exact) mass is 295 g/mol. The molecule has 0 bridgehead atoms. The molecule has 2 aromatic rings. The zero-order valence-corrected chi connectivity index (χ0v) is 11.4. The van der Waals surface area contributed by atoms with Gasteiger partial charge in [-0.3, -0.25) is 0 Å². The summed E-state index contributed by atoms with van der Waals surface area (Å²) in [4.78, 5) is 23.4. The number of aromatic nitrogens is 1. The van der Waals surface area contributed by atoms with Crippen LogP contribution in [0.5, 0.6) is 0 Å². The van der Waals surface area contributed by atoms with Crippen molar-refractivity contribution in [1.82, 2.24) is 15.8 Å². The number of aliphatic carboxylic acids is 1. The molecule has 1 atom stereocenters. The predicted octanol–water partition coefficient (Wildman–Crippen LogP) is 1.67. The molecule has 2 heterocycles. The Morgan fingerprint density at radius 2 is 2.35 bits per heavy atom. The number of carboxylic acids is 1. The van der Waals surface area contributed by atoms with Crippen LogP contribution in [0.4, 0.5) is 4.79 Å². The lowest BCUT2D eigenvalue weighted by Crippen LogP contribution is -2.40. The average Bonchev–Trinajstić information content (AvgIpc) is 3.04. The second-order valence-electron chi connectivity index (χ2n) is 4.04. The van der Waals surface area contributed by atoms with Gasteiger partial charge in [0.15, 0.2) is 6.04 Å². The Labute approximate surface area is 118 Å². The fraction of sp³-hybridized carbons (Fsp3) is 0.250. The number of amides is 2. The van der Waals surface area contributed by atoms with Gasteiger partial charge in [-0.1, -0.05) is 11.2 Å². The lowest BCUT2D eigenvalue weighted by molar-refractivity contribution is -0.139. The zero-order valence-electron chi connectivity index (χ0n) is 10.6. The molecule has 20 heavy (non-hydrogen) atoms. The van der Waals surface area contributed by atoms with Gasteiger partial charge in [-0.15, -0.1) is 11.3 Å². The average molecular weight is 295 g/mol. The van der Waals surface area contributed by atoms with Crippen LogP contribution in [0.15, 0.2) is 28.1 Å². The van der Waals surface area contributed by atoms with E-state index in [4.69, 9.17) is 9.63 Å². The number of carbonyl (C=O) groups excluding carboxylic acids is 1. The van der Waals surface area contributed by atoms with Crippen LogP contribution in [0.3, 0.4) is 0 Å². The first kappa shape index (κ1) is 14.1. The molecule has 0 saturated heterocycles. The first-order valence-corrected chi connectivity index (χ1v) is 6.67. The maximum absolute atomic E-state index is 11.7. The number of nitrogens with zero attached hydrogens (tertiary/aromatic N) is 1. The molecule has 2 rings (SSSR count). The summed E-state index contributed by atoms with van der Waals surface area (Å²) in [5.74, 6) is -0.468. The second-order valence-corrected chi connectivity index (χ2v) is 5.02. The van der Waals surface area contributed by atoms with E-state index in [-0.39, 0.29) is 6.54 Å². The minimum Gasteiger partial charge on any atom is -0.479 e. The normalized spacial score (nSPS) is 11.8. The molecular weight excluding hydrogens is 282 g/mol. The highest BCUT2D eigenvalue weighted by molar-refractivity contribution is 7.10. The van der Waals surface area contributed by atoms with Gasteiger partial charge in [0.05, 0.1) is 6.54 Å². The number of rotatable bonds is 5. The third kappa shape index (κ3) is 3.58. The summed E-state index contributed by atoms with van der Waals surface area (Å²) in [5.41, 5.74) is 0.570. The highest BCUT2D eigenvalue weighted by Crippen LogP contribution is 2.18. The van der Waals surface area contributed by atoms with E-state index in [0.717, 1.165) is 0 Å². The van der Waals surface area contributed by atoms with Gasteiger partial charge in [0.1, 0.15) is 11.5 Å². The first-order chi connectivity index (χ1) is 9.56. The Hall–Kier alpha value is -2.35. The summed E-state index contributed by atoms with van der Waals surface area (Å²) in [7, 11) is 0. The van der Waals surface area contributed by atoms with Crippen LogP contribution in [-0.2, 0) is 11.3 Å². The molecule has 0 aliphatic heterocycles. The zero-order chi connectivity index (χ0) is 14.5. The van der Waals surface area contributed by atoms with Crippen LogP contribution in [0.1, 0.15) is 22.4 Å². The molecule has 7 nitrogen and oxygen atoms in total. The van der Waals surface area contributed by atoms with Gasteiger partial charge in [0.25, 0.3) is 0 Å². The van der Waals surface area contributed by atoms with Gasteiger partial charge >= 0.3 is 12.0 Å². The molecule has 0 radical (unpaired) electrons. The largest absolute Gasteiger partial charge is 0.479 e. The van der Waals surface area contributed by atoms with E-state index in [2.05, 4.69) is 15.8 Å². The van der Waals surface area contributed by atoms with Crippen molar-refractivity contribution < 1.29 is 19.2 Å². The molecule has 0 saturated carbocycles. The van der Waals surface area contributed by atoms with Crippen LogP contribution in [0.2, 0.25) is 0 Å². The summed E-state index contributed by atoms with van der Waals surface area (Å²) in [6.45, 7) is 1.91. The standard InChI is InChI=1S/C12H13N3O4S/c1-7-5-8(15-19-7)6-13-12(18)14-10(11(16)17)9-3-2-4-20-9/h2-5,10H,6H2,1H3,(H,16,17)(H2,13,14,18). The molecule has 8 heteroatoms. The Balaban J connectivity index is 1.90. The molecule has 3 N–H and O–H groups in total. The van der Waals surface area contributed by atoms with Crippen LogP contribution >= 0.6 is 11.3 Å². The smallest absolute Gasteiger partial charge is 0.331 e. The van der Waals surface area contributed by atoms with Gasteiger partial charge in [0, 0.05) is 10.9 Å². The van der Waals surface area contributed by atoms with E-state index in [1.165, 1.54) is 11.3 Å². The summed E-state index contributed by atoms with van der Waals surface area (Å²) >= 11 is 1.27. The van der Waals surface area contributed by atoms with E-state index < -0.39 is 18.0 Å². The maximum atomic E-state index is 11.7. The minimum absolute atomic E-state index is 0.167. The van der Waals surface area contributed by atoms with Crippen molar-refractivity contribution in [2.24, 2.45) is 0 Å². The van der Waals surface area contributed by atoms with E-state index >= 15 is 0 Å².